The average Bonchev–Trinajstić information content (AvgIpc) is 2.24. The number of aryl methyl sites for hydroxylation is 1. The van der Waals surface area contributed by atoms with E-state index in [1.165, 1.54) is 36.9 Å². The molecular weight excluding hydrogens is 184 g/mol. The molecule has 2 nitrogen and oxygen atoms in total. The SMILES string of the molecule is Cc1ccncc1N[C@@H]1CCCC[C@@H]1C. The molecule has 1 aliphatic carbocycles. The number of hydrogen-bond donors (Lipinski definition) is 1. The zero-order valence-electron chi connectivity index (χ0n) is 9.66. The molecule has 1 saturated carbocycles. The average molecular weight is 204 g/mol. The highest BCUT2D eigenvalue weighted by atomic mass is 14.9. The van der Waals surface area contributed by atoms with Gasteiger partial charge in [0, 0.05) is 12.2 Å². The molecule has 1 N–H and O–H groups in total. The lowest BCUT2D eigenvalue weighted by Gasteiger charge is -2.30. The first-order valence-corrected chi connectivity index (χ1v) is 5.94. The van der Waals surface area contributed by atoms with E-state index in [1.807, 2.05) is 12.4 Å². The molecule has 1 aromatic rings. The number of nitrogens with one attached hydrogen (secondary N) is 1. The van der Waals surface area contributed by atoms with Gasteiger partial charge in [-0.15, -0.1) is 0 Å². The predicted octanol–water partition coefficient (Wildman–Crippen LogP) is 3.38. The Kier molecular flexibility index (Phi) is 3.24. The molecule has 0 unspecified atom stereocenters. The van der Waals surface area contributed by atoms with Crippen LogP contribution in [0.15, 0.2) is 18.5 Å². The molecule has 1 fully saturated rings. The number of hydrogen-bond acceptors (Lipinski definition) is 2. The summed E-state index contributed by atoms with van der Waals surface area (Å²) < 4.78 is 0. The molecule has 0 radical (unpaired) electrons. The van der Waals surface area contributed by atoms with Crippen molar-refractivity contribution in [2.24, 2.45) is 5.92 Å². The smallest absolute Gasteiger partial charge is 0.0558 e. The normalized spacial score (nSPS) is 26.3. The number of aromatic nitrogens is 1. The molecule has 15 heavy (non-hydrogen) atoms. The van der Waals surface area contributed by atoms with Gasteiger partial charge < -0.3 is 5.32 Å². The van der Waals surface area contributed by atoms with Crippen molar-refractivity contribution < 1.29 is 0 Å². The summed E-state index contributed by atoms with van der Waals surface area (Å²) in [7, 11) is 0. The standard InChI is InChI=1S/C13H20N2/c1-10-5-3-4-6-12(10)15-13-9-14-8-7-11(13)2/h7-10,12,15H,3-6H2,1-2H3/t10-,12+/m0/s1. The van der Waals surface area contributed by atoms with E-state index in [9.17, 15) is 0 Å². The second-order valence-electron chi connectivity index (χ2n) is 4.70. The van der Waals surface area contributed by atoms with E-state index in [4.69, 9.17) is 0 Å². The first kappa shape index (κ1) is 10.5. The minimum atomic E-state index is 0.640. The van der Waals surface area contributed by atoms with Gasteiger partial charge in [0.25, 0.3) is 0 Å². The molecule has 1 aromatic heterocycles. The highest BCUT2D eigenvalue weighted by Gasteiger charge is 2.21. The van der Waals surface area contributed by atoms with Gasteiger partial charge in [-0.25, -0.2) is 0 Å². The first-order chi connectivity index (χ1) is 7.27. The maximum Gasteiger partial charge on any atom is 0.0558 e. The van der Waals surface area contributed by atoms with Gasteiger partial charge in [0.05, 0.1) is 11.9 Å². The van der Waals surface area contributed by atoms with Crippen LogP contribution in [0.1, 0.15) is 38.2 Å². The van der Waals surface area contributed by atoms with Crippen molar-refractivity contribution in [3.05, 3.63) is 24.0 Å². The van der Waals surface area contributed by atoms with Crippen LogP contribution >= 0.6 is 0 Å². The van der Waals surface area contributed by atoms with Crippen LogP contribution < -0.4 is 5.32 Å². The fourth-order valence-corrected chi connectivity index (χ4v) is 2.35. The Labute approximate surface area is 92.1 Å². The molecule has 0 aromatic carbocycles. The molecule has 0 bridgehead atoms. The molecule has 0 amide bonds. The van der Waals surface area contributed by atoms with E-state index >= 15 is 0 Å². The van der Waals surface area contributed by atoms with Crippen molar-refractivity contribution in [1.82, 2.24) is 4.98 Å². The minimum Gasteiger partial charge on any atom is -0.381 e. The summed E-state index contributed by atoms with van der Waals surface area (Å²) >= 11 is 0. The van der Waals surface area contributed by atoms with Crippen molar-refractivity contribution in [2.45, 2.75) is 45.6 Å². The van der Waals surface area contributed by atoms with Crippen LogP contribution in [0.25, 0.3) is 0 Å². The molecule has 1 heterocycles. The van der Waals surface area contributed by atoms with Crippen molar-refractivity contribution in [2.75, 3.05) is 5.32 Å². The Bertz CT molecular complexity index is 322. The Morgan fingerprint density at radius 1 is 1.33 bits per heavy atom. The first-order valence-electron chi connectivity index (χ1n) is 5.94. The van der Waals surface area contributed by atoms with Crippen LogP contribution in [0.3, 0.4) is 0 Å². The Balaban J connectivity index is 2.04. The molecule has 2 heteroatoms. The van der Waals surface area contributed by atoms with E-state index < -0.39 is 0 Å². The number of anilines is 1. The minimum absolute atomic E-state index is 0.640. The lowest BCUT2D eigenvalue weighted by Crippen LogP contribution is -2.30. The molecule has 1 aliphatic rings. The highest BCUT2D eigenvalue weighted by Crippen LogP contribution is 2.27. The van der Waals surface area contributed by atoms with Crippen molar-refractivity contribution in [3.63, 3.8) is 0 Å². The number of nitrogens with zero attached hydrogens (tertiary/aromatic N) is 1. The Morgan fingerprint density at radius 2 is 2.13 bits per heavy atom. The van der Waals surface area contributed by atoms with E-state index in [0.717, 1.165) is 5.92 Å². The maximum absolute atomic E-state index is 4.17. The van der Waals surface area contributed by atoms with Crippen LogP contribution in [-0.4, -0.2) is 11.0 Å². The van der Waals surface area contributed by atoms with Gasteiger partial charge in [0.2, 0.25) is 0 Å². The number of rotatable bonds is 2. The van der Waals surface area contributed by atoms with E-state index in [2.05, 4.69) is 30.2 Å². The van der Waals surface area contributed by atoms with Crippen LogP contribution in [0.4, 0.5) is 5.69 Å². The molecule has 0 aliphatic heterocycles. The summed E-state index contributed by atoms with van der Waals surface area (Å²) in [6.07, 6.45) is 9.21. The monoisotopic (exact) mass is 204 g/mol. The predicted molar refractivity (Wildman–Crippen MR) is 64.0 cm³/mol. The topological polar surface area (TPSA) is 24.9 Å². The fraction of sp³-hybridized carbons (Fsp3) is 0.615. The Morgan fingerprint density at radius 3 is 2.87 bits per heavy atom. The number of pyridine rings is 1. The highest BCUT2D eigenvalue weighted by molar-refractivity contribution is 5.48. The second-order valence-corrected chi connectivity index (χ2v) is 4.70. The Hall–Kier alpha value is -1.05. The fourth-order valence-electron chi connectivity index (χ4n) is 2.35. The van der Waals surface area contributed by atoms with Crippen molar-refractivity contribution >= 4 is 5.69 Å². The third-order valence-corrected chi connectivity index (χ3v) is 3.49. The molecular formula is C13H20N2. The zero-order valence-corrected chi connectivity index (χ0v) is 9.66. The second kappa shape index (κ2) is 4.65. The van der Waals surface area contributed by atoms with Gasteiger partial charge in [0.15, 0.2) is 0 Å². The maximum atomic E-state index is 4.17. The summed E-state index contributed by atoms with van der Waals surface area (Å²) in [6, 6.07) is 2.71. The van der Waals surface area contributed by atoms with Gasteiger partial charge in [-0.2, -0.15) is 0 Å². The van der Waals surface area contributed by atoms with Gasteiger partial charge in [-0.05, 0) is 37.3 Å². The lowest BCUT2D eigenvalue weighted by molar-refractivity contribution is 0.349. The van der Waals surface area contributed by atoms with Crippen LogP contribution in [0.5, 0.6) is 0 Å². The lowest BCUT2D eigenvalue weighted by atomic mass is 9.86. The molecule has 82 valence electrons. The molecule has 2 atom stereocenters. The van der Waals surface area contributed by atoms with Crippen molar-refractivity contribution in [1.29, 1.82) is 0 Å². The van der Waals surface area contributed by atoms with E-state index in [-0.39, 0.29) is 0 Å². The van der Waals surface area contributed by atoms with E-state index in [1.54, 1.807) is 0 Å². The molecule has 2 rings (SSSR count). The van der Waals surface area contributed by atoms with Gasteiger partial charge >= 0.3 is 0 Å². The van der Waals surface area contributed by atoms with Gasteiger partial charge in [-0.3, -0.25) is 4.98 Å². The van der Waals surface area contributed by atoms with Gasteiger partial charge in [-0.1, -0.05) is 19.8 Å². The summed E-state index contributed by atoms with van der Waals surface area (Å²) in [5.41, 5.74) is 2.50. The van der Waals surface area contributed by atoms with Crippen LogP contribution in [0.2, 0.25) is 0 Å². The third-order valence-electron chi connectivity index (χ3n) is 3.49. The van der Waals surface area contributed by atoms with Gasteiger partial charge in [0.1, 0.15) is 0 Å². The summed E-state index contributed by atoms with van der Waals surface area (Å²) in [4.78, 5) is 4.17. The van der Waals surface area contributed by atoms with Crippen molar-refractivity contribution in [3.8, 4) is 0 Å². The summed E-state index contributed by atoms with van der Waals surface area (Å²) in [5.74, 6) is 0.790. The molecule has 0 spiro atoms. The zero-order chi connectivity index (χ0) is 10.7. The van der Waals surface area contributed by atoms with Crippen LogP contribution in [-0.2, 0) is 0 Å². The van der Waals surface area contributed by atoms with Crippen LogP contribution in [0, 0.1) is 12.8 Å². The van der Waals surface area contributed by atoms with E-state index in [0.29, 0.717) is 6.04 Å². The largest absolute Gasteiger partial charge is 0.381 e. The summed E-state index contributed by atoms with van der Waals surface area (Å²) in [5, 5.41) is 3.64. The quantitative estimate of drug-likeness (QED) is 0.798. The molecule has 0 saturated heterocycles. The third kappa shape index (κ3) is 2.49. The summed E-state index contributed by atoms with van der Waals surface area (Å²) in [6.45, 7) is 4.49.